The van der Waals surface area contributed by atoms with Crippen LogP contribution in [0.15, 0.2) is 0 Å². The van der Waals surface area contributed by atoms with E-state index in [-0.39, 0.29) is 18.4 Å². The maximum absolute atomic E-state index is 11.9. The number of nitrogens with zero attached hydrogens (tertiary/aromatic N) is 1. The fourth-order valence-corrected chi connectivity index (χ4v) is 2.02. The molecule has 3 amide bonds. The third kappa shape index (κ3) is 3.08. The fourth-order valence-electron chi connectivity index (χ4n) is 2.02. The summed E-state index contributed by atoms with van der Waals surface area (Å²) in [4.78, 5) is 34.8. The van der Waals surface area contributed by atoms with Gasteiger partial charge in [-0.05, 0) is 12.8 Å². The van der Waals surface area contributed by atoms with Gasteiger partial charge in [0.25, 0.3) is 0 Å². The number of nitrogens with one attached hydrogen (secondary N) is 1. The van der Waals surface area contributed by atoms with Gasteiger partial charge in [-0.3, -0.25) is 9.59 Å². The van der Waals surface area contributed by atoms with Gasteiger partial charge in [0.1, 0.15) is 6.04 Å². The zero-order valence-corrected chi connectivity index (χ0v) is 9.84. The Morgan fingerprint density at radius 2 is 2.00 bits per heavy atom. The fraction of sp³-hybridized carbons (Fsp3) is 0.700. The first-order valence-electron chi connectivity index (χ1n) is 5.40. The highest BCUT2D eigenvalue weighted by molar-refractivity contribution is 5.87. The Kier molecular flexibility index (Phi) is 3.93. The minimum absolute atomic E-state index is 0.0859. The highest BCUT2D eigenvalue weighted by Crippen LogP contribution is 2.23. The van der Waals surface area contributed by atoms with E-state index < -0.39 is 24.0 Å². The van der Waals surface area contributed by atoms with Crippen molar-refractivity contribution in [2.24, 2.45) is 17.6 Å². The summed E-state index contributed by atoms with van der Waals surface area (Å²) >= 11 is 0. The van der Waals surface area contributed by atoms with Gasteiger partial charge in [0.15, 0.2) is 0 Å². The van der Waals surface area contributed by atoms with E-state index in [9.17, 15) is 14.4 Å². The van der Waals surface area contributed by atoms with Crippen LogP contribution in [-0.4, -0.2) is 47.0 Å². The summed E-state index contributed by atoms with van der Waals surface area (Å²) in [5.74, 6) is -1.83. The van der Waals surface area contributed by atoms with E-state index in [1.165, 1.54) is 11.8 Å². The van der Waals surface area contributed by atoms with Crippen LogP contribution in [-0.2, 0) is 9.59 Å². The van der Waals surface area contributed by atoms with Crippen molar-refractivity contribution in [2.75, 3.05) is 13.1 Å². The molecule has 0 aromatic rings. The molecular weight excluding hydrogens is 226 g/mol. The summed E-state index contributed by atoms with van der Waals surface area (Å²) in [5.41, 5.74) is 4.92. The zero-order valence-electron chi connectivity index (χ0n) is 9.84. The number of urea groups is 1. The number of amides is 3. The molecule has 0 aromatic carbocycles. The van der Waals surface area contributed by atoms with Gasteiger partial charge >= 0.3 is 12.0 Å². The minimum atomic E-state index is -0.900. The summed E-state index contributed by atoms with van der Waals surface area (Å²) in [6.45, 7) is 3.88. The molecule has 0 aliphatic carbocycles. The van der Waals surface area contributed by atoms with Crippen LogP contribution in [0.2, 0.25) is 0 Å². The van der Waals surface area contributed by atoms with Gasteiger partial charge in [-0.15, -0.1) is 0 Å². The first-order valence-corrected chi connectivity index (χ1v) is 5.40. The lowest BCUT2D eigenvalue weighted by Crippen LogP contribution is -2.48. The van der Waals surface area contributed by atoms with E-state index in [0.717, 1.165) is 0 Å². The average molecular weight is 243 g/mol. The predicted octanol–water partition coefficient (Wildman–Crippen LogP) is -0.778. The van der Waals surface area contributed by atoms with Crippen LogP contribution in [0.4, 0.5) is 4.79 Å². The lowest BCUT2D eigenvalue weighted by molar-refractivity contribution is -0.142. The predicted molar refractivity (Wildman–Crippen MR) is 59.1 cm³/mol. The van der Waals surface area contributed by atoms with Crippen molar-refractivity contribution < 1.29 is 19.5 Å². The number of carboxylic acids is 1. The minimum Gasteiger partial charge on any atom is -0.481 e. The molecule has 1 heterocycles. The molecule has 1 fully saturated rings. The van der Waals surface area contributed by atoms with Crippen LogP contribution in [0.1, 0.15) is 13.8 Å². The third-order valence-electron chi connectivity index (χ3n) is 2.97. The molecule has 1 rings (SSSR count). The molecular formula is C10H17N3O4. The lowest BCUT2D eigenvalue weighted by Gasteiger charge is -2.20. The Hall–Kier alpha value is -1.79. The lowest BCUT2D eigenvalue weighted by atomic mass is 9.99. The molecule has 17 heavy (non-hydrogen) atoms. The van der Waals surface area contributed by atoms with Crippen LogP contribution in [0, 0.1) is 11.8 Å². The molecule has 3 atom stereocenters. The maximum Gasteiger partial charge on any atom is 0.312 e. The van der Waals surface area contributed by atoms with Crippen LogP contribution in [0.5, 0.6) is 0 Å². The molecule has 7 heteroatoms. The van der Waals surface area contributed by atoms with Gasteiger partial charge in [0, 0.05) is 13.1 Å². The molecule has 1 aliphatic rings. The SMILES string of the molecule is CC(NC(N)=O)C(=O)N1C[C@@H](C)[C@H](C(=O)O)C1. The third-order valence-corrected chi connectivity index (χ3v) is 2.97. The van der Waals surface area contributed by atoms with Crippen molar-refractivity contribution in [2.45, 2.75) is 19.9 Å². The van der Waals surface area contributed by atoms with Crippen molar-refractivity contribution in [3.05, 3.63) is 0 Å². The molecule has 1 unspecified atom stereocenters. The summed E-state index contributed by atoms with van der Waals surface area (Å²) in [6, 6.07) is -1.50. The molecule has 1 saturated heterocycles. The Morgan fingerprint density at radius 3 is 2.41 bits per heavy atom. The molecule has 7 nitrogen and oxygen atoms in total. The molecule has 0 aromatic heterocycles. The number of carbonyl (C=O) groups excluding carboxylic acids is 2. The Bertz CT molecular complexity index is 344. The normalized spacial score (nSPS) is 25.4. The van der Waals surface area contributed by atoms with Gasteiger partial charge < -0.3 is 21.1 Å². The van der Waals surface area contributed by atoms with E-state index in [4.69, 9.17) is 10.8 Å². The molecule has 0 bridgehead atoms. The molecule has 0 radical (unpaired) electrons. The van der Waals surface area contributed by atoms with E-state index in [2.05, 4.69) is 5.32 Å². The van der Waals surface area contributed by atoms with Crippen molar-refractivity contribution in [1.82, 2.24) is 10.2 Å². The number of hydrogen-bond acceptors (Lipinski definition) is 3. The highest BCUT2D eigenvalue weighted by Gasteiger charge is 2.38. The van der Waals surface area contributed by atoms with Crippen molar-refractivity contribution >= 4 is 17.9 Å². The van der Waals surface area contributed by atoms with Crippen molar-refractivity contribution in [3.8, 4) is 0 Å². The molecule has 1 aliphatic heterocycles. The summed E-state index contributed by atoms with van der Waals surface area (Å²) in [6.07, 6.45) is 0. The van der Waals surface area contributed by atoms with Gasteiger partial charge in [0.05, 0.1) is 5.92 Å². The smallest absolute Gasteiger partial charge is 0.312 e. The number of rotatable bonds is 3. The van der Waals surface area contributed by atoms with Crippen LogP contribution >= 0.6 is 0 Å². The number of aliphatic carboxylic acids is 1. The number of hydrogen-bond donors (Lipinski definition) is 3. The quantitative estimate of drug-likeness (QED) is 0.603. The van der Waals surface area contributed by atoms with E-state index in [1.807, 2.05) is 0 Å². The van der Waals surface area contributed by atoms with Gasteiger partial charge in [-0.2, -0.15) is 0 Å². The Morgan fingerprint density at radius 1 is 1.41 bits per heavy atom. The Balaban J connectivity index is 2.61. The second kappa shape index (κ2) is 5.03. The highest BCUT2D eigenvalue weighted by atomic mass is 16.4. The zero-order chi connectivity index (χ0) is 13.2. The number of carboxylic acid groups (broad SMARTS) is 1. The van der Waals surface area contributed by atoms with E-state index >= 15 is 0 Å². The van der Waals surface area contributed by atoms with Crippen LogP contribution in [0.25, 0.3) is 0 Å². The standard InChI is InChI=1S/C10H17N3O4/c1-5-3-13(4-7(5)9(15)16)8(14)6(2)12-10(11)17/h5-7H,3-4H2,1-2H3,(H,15,16)(H3,11,12,17)/t5-,6?,7-/m1/s1. The van der Waals surface area contributed by atoms with Crippen LogP contribution in [0.3, 0.4) is 0 Å². The second-order valence-corrected chi connectivity index (χ2v) is 4.40. The number of primary amides is 1. The second-order valence-electron chi connectivity index (χ2n) is 4.40. The number of likely N-dealkylation sites (tertiary alicyclic amines) is 1. The van der Waals surface area contributed by atoms with Gasteiger partial charge in [-0.25, -0.2) is 4.79 Å². The van der Waals surface area contributed by atoms with E-state index in [0.29, 0.717) is 6.54 Å². The van der Waals surface area contributed by atoms with Crippen molar-refractivity contribution in [3.63, 3.8) is 0 Å². The Labute approximate surface area is 98.9 Å². The summed E-state index contributed by atoms with van der Waals surface area (Å²) < 4.78 is 0. The monoisotopic (exact) mass is 243 g/mol. The molecule has 4 N–H and O–H groups in total. The van der Waals surface area contributed by atoms with E-state index in [1.54, 1.807) is 6.92 Å². The van der Waals surface area contributed by atoms with Crippen LogP contribution < -0.4 is 11.1 Å². The first kappa shape index (κ1) is 13.3. The van der Waals surface area contributed by atoms with Crippen molar-refractivity contribution in [1.29, 1.82) is 0 Å². The summed E-state index contributed by atoms with van der Waals surface area (Å²) in [7, 11) is 0. The first-order chi connectivity index (χ1) is 7.82. The largest absolute Gasteiger partial charge is 0.481 e. The van der Waals surface area contributed by atoms with Gasteiger partial charge in [-0.1, -0.05) is 6.92 Å². The summed E-state index contributed by atoms with van der Waals surface area (Å²) in [5, 5.41) is 11.2. The average Bonchev–Trinajstić information content (AvgIpc) is 2.58. The molecule has 0 saturated carbocycles. The molecule has 96 valence electrons. The maximum atomic E-state index is 11.9. The topological polar surface area (TPSA) is 113 Å². The molecule has 0 spiro atoms. The van der Waals surface area contributed by atoms with Gasteiger partial charge in [0.2, 0.25) is 5.91 Å². The number of nitrogens with two attached hydrogens (primary N) is 1. The number of carbonyl (C=O) groups is 3.